The maximum absolute atomic E-state index is 12.6. The molecule has 0 bridgehead atoms. The van der Waals surface area contributed by atoms with E-state index in [-0.39, 0.29) is 21.7 Å². The zero-order chi connectivity index (χ0) is 23.6. The van der Waals surface area contributed by atoms with Crippen molar-refractivity contribution in [3.63, 3.8) is 0 Å². The molecule has 1 aliphatic rings. The zero-order valence-corrected chi connectivity index (χ0v) is 18.8. The number of hydrogen-bond donors (Lipinski definition) is 1. The van der Waals surface area contributed by atoms with E-state index >= 15 is 0 Å². The van der Waals surface area contributed by atoms with Gasteiger partial charge in [0.05, 0.1) is 16.1 Å². The summed E-state index contributed by atoms with van der Waals surface area (Å²) in [4.78, 5) is 39.3. The number of nitrogens with zero attached hydrogens (tertiary/aromatic N) is 2. The Balaban J connectivity index is 1.37. The minimum Gasteiger partial charge on any atom is -0.454 e. The summed E-state index contributed by atoms with van der Waals surface area (Å²) in [7, 11) is -3.55. The second kappa shape index (κ2) is 9.16. The van der Waals surface area contributed by atoms with E-state index < -0.39 is 28.4 Å². The van der Waals surface area contributed by atoms with Crippen LogP contribution in [0.25, 0.3) is 5.69 Å². The number of Topliss-reactive ketones (excluding diaryl/α,β-unsaturated/α-hetero) is 1. The molecule has 0 atom stereocenters. The third kappa shape index (κ3) is 4.67. The number of aromatic nitrogens is 2. The predicted molar refractivity (Wildman–Crippen MR) is 120 cm³/mol. The zero-order valence-electron chi connectivity index (χ0n) is 18.0. The molecule has 33 heavy (non-hydrogen) atoms. The second-order valence-corrected chi connectivity index (χ2v) is 9.69. The molecule has 1 aromatic heterocycles. The molecular formula is C23H23N3O6S. The van der Waals surface area contributed by atoms with E-state index in [2.05, 4.69) is 4.98 Å². The first-order chi connectivity index (χ1) is 15.8. The summed E-state index contributed by atoms with van der Waals surface area (Å²) in [6.45, 7) is 2.30. The normalized spacial score (nSPS) is 14.3. The van der Waals surface area contributed by atoms with Crippen LogP contribution in [0.1, 0.15) is 39.3 Å². The number of rotatable bonds is 7. The summed E-state index contributed by atoms with van der Waals surface area (Å²) in [6, 6.07) is 11.9. The van der Waals surface area contributed by atoms with Crippen LogP contribution in [0.4, 0.5) is 0 Å². The Morgan fingerprint density at radius 2 is 1.58 bits per heavy atom. The number of carbonyl (C=O) groups excluding carboxylic acids is 2. The maximum atomic E-state index is 12.6. The molecule has 2 heterocycles. The molecule has 1 aliphatic heterocycles. The summed E-state index contributed by atoms with van der Waals surface area (Å²) in [5.41, 5.74) is 1.52. The number of ether oxygens (including phenoxy) is 1. The molecule has 1 saturated heterocycles. The van der Waals surface area contributed by atoms with E-state index in [0.717, 1.165) is 18.5 Å². The van der Waals surface area contributed by atoms with E-state index in [4.69, 9.17) is 4.74 Å². The van der Waals surface area contributed by atoms with Crippen molar-refractivity contribution in [3.05, 3.63) is 82.0 Å². The number of nitrogens with one attached hydrogen (secondary N) is 1. The largest absolute Gasteiger partial charge is 0.454 e. The van der Waals surface area contributed by atoms with Crippen LogP contribution in [0.5, 0.6) is 0 Å². The Bertz CT molecular complexity index is 1330. The fraction of sp³-hybridized carbons (Fsp3) is 0.261. The van der Waals surface area contributed by atoms with Gasteiger partial charge < -0.3 is 9.72 Å². The summed E-state index contributed by atoms with van der Waals surface area (Å²) < 4.78 is 33.2. The molecular weight excluding hydrogens is 446 g/mol. The Morgan fingerprint density at radius 1 is 0.970 bits per heavy atom. The molecule has 10 heteroatoms. The van der Waals surface area contributed by atoms with Crippen molar-refractivity contribution in [1.29, 1.82) is 0 Å². The fourth-order valence-electron chi connectivity index (χ4n) is 3.71. The van der Waals surface area contributed by atoms with Crippen LogP contribution in [-0.2, 0) is 14.8 Å². The molecule has 172 valence electrons. The third-order valence-corrected chi connectivity index (χ3v) is 7.45. The lowest BCUT2D eigenvalue weighted by Crippen LogP contribution is -2.27. The van der Waals surface area contributed by atoms with Gasteiger partial charge in [-0.05, 0) is 68.3 Å². The minimum atomic E-state index is -3.55. The van der Waals surface area contributed by atoms with Crippen LogP contribution < -0.4 is 5.69 Å². The number of imidazole rings is 1. The van der Waals surface area contributed by atoms with Crippen molar-refractivity contribution >= 4 is 21.8 Å². The fourth-order valence-corrected chi connectivity index (χ4v) is 5.23. The summed E-state index contributed by atoms with van der Waals surface area (Å²) in [6.07, 6.45) is 3.27. The van der Waals surface area contributed by atoms with E-state index in [9.17, 15) is 22.8 Å². The average Bonchev–Trinajstić information content (AvgIpc) is 3.48. The molecule has 4 rings (SSSR count). The van der Waals surface area contributed by atoms with Crippen molar-refractivity contribution in [2.24, 2.45) is 0 Å². The highest BCUT2D eigenvalue weighted by Gasteiger charge is 2.27. The lowest BCUT2D eigenvalue weighted by atomic mass is 10.1. The van der Waals surface area contributed by atoms with E-state index in [1.54, 1.807) is 25.3 Å². The number of esters is 1. The number of carbonyl (C=O) groups is 2. The standard InChI is InChI=1S/C23H23N3O6S/c1-16-14-24-23(29)26(16)19-8-4-18(5-9-19)22(28)32-15-21(27)17-6-10-20(11-7-17)33(30,31)25-12-2-3-13-25/h4-11,14H,2-3,12-13,15H2,1H3,(H,24,29). The molecule has 0 spiro atoms. The number of aryl methyl sites for hydroxylation is 1. The van der Waals surface area contributed by atoms with Crippen LogP contribution >= 0.6 is 0 Å². The topological polar surface area (TPSA) is 119 Å². The number of H-pyrrole nitrogens is 1. The highest BCUT2D eigenvalue weighted by atomic mass is 32.2. The lowest BCUT2D eigenvalue weighted by Gasteiger charge is -2.15. The van der Waals surface area contributed by atoms with Gasteiger partial charge in [-0.25, -0.2) is 18.0 Å². The lowest BCUT2D eigenvalue weighted by molar-refractivity contribution is 0.0475. The monoisotopic (exact) mass is 469 g/mol. The van der Waals surface area contributed by atoms with Gasteiger partial charge in [0.15, 0.2) is 12.4 Å². The average molecular weight is 470 g/mol. The molecule has 9 nitrogen and oxygen atoms in total. The van der Waals surface area contributed by atoms with Gasteiger partial charge in [0, 0.05) is 30.5 Å². The van der Waals surface area contributed by atoms with Gasteiger partial charge in [0.1, 0.15) is 0 Å². The highest BCUT2D eigenvalue weighted by Crippen LogP contribution is 2.21. The van der Waals surface area contributed by atoms with Crippen LogP contribution in [0.2, 0.25) is 0 Å². The van der Waals surface area contributed by atoms with Crippen LogP contribution in [0.15, 0.2) is 64.4 Å². The Labute approximate surface area is 190 Å². The Morgan fingerprint density at radius 3 is 2.15 bits per heavy atom. The molecule has 0 radical (unpaired) electrons. The molecule has 3 aromatic rings. The van der Waals surface area contributed by atoms with Gasteiger partial charge >= 0.3 is 11.7 Å². The number of hydrogen-bond acceptors (Lipinski definition) is 6. The maximum Gasteiger partial charge on any atom is 0.338 e. The van der Waals surface area contributed by atoms with Gasteiger partial charge in [-0.2, -0.15) is 4.31 Å². The molecule has 0 saturated carbocycles. The number of ketones is 1. The van der Waals surface area contributed by atoms with Crippen molar-refractivity contribution in [3.8, 4) is 5.69 Å². The first-order valence-corrected chi connectivity index (χ1v) is 11.9. The summed E-state index contributed by atoms with van der Waals surface area (Å²) in [5, 5.41) is 0. The first kappa shape index (κ1) is 22.7. The van der Waals surface area contributed by atoms with E-state index in [1.807, 2.05) is 0 Å². The molecule has 1 N–H and O–H groups in total. The van der Waals surface area contributed by atoms with Gasteiger partial charge in [0.2, 0.25) is 10.0 Å². The third-order valence-electron chi connectivity index (χ3n) is 5.53. The van der Waals surface area contributed by atoms with Crippen LogP contribution in [0, 0.1) is 6.92 Å². The summed E-state index contributed by atoms with van der Waals surface area (Å²) >= 11 is 0. The van der Waals surface area contributed by atoms with E-state index in [1.165, 1.54) is 45.3 Å². The Hall–Kier alpha value is -3.50. The number of sulfonamides is 1. The highest BCUT2D eigenvalue weighted by molar-refractivity contribution is 7.89. The van der Waals surface area contributed by atoms with Crippen molar-refractivity contribution < 1.29 is 22.7 Å². The van der Waals surface area contributed by atoms with E-state index in [0.29, 0.717) is 18.8 Å². The van der Waals surface area contributed by atoms with Crippen molar-refractivity contribution in [2.45, 2.75) is 24.7 Å². The minimum absolute atomic E-state index is 0.134. The SMILES string of the molecule is Cc1c[nH]c(=O)n1-c1ccc(C(=O)OCC(=O)c2ccc(S(=O)(=O)N3CCCC3)cc2)cc1. The number of aromatic amines is 1. The number of benzene rings is 2. The molecule has 0 unspecified atom stereocenters. The van der Waals surface area contributed by atoms with Crippen molar-refractivity contribution in [2.75, 3.05) is 19.7 Å². The quantitative estimate of drug-likeness (QED) is 0.419. The van der Waals surface area contributed by atoms with Crippen LogP contribution in [0.3, 0.4) is 0 Å². The van der Waals surface area contributed by atoms with Gasteiger partial charge in [-0.3, -0.25) is 9.36 Å². The molecule has 0 aliphatic carbocycles. The van der Waals surface area contributed by atoms with Gasteiger partial charge in [-0.1, -0.05) is 0 Å². The first-order valence-electron chi connectivity index (χ1n) is 10.5. The smallest absolute Gasteiger partial charge is 0.338 e. The van der Waals surface area contributed by atoms with Crippen molar-refractivity contribution in [1.82, 2.24) is 13.9 Å². The predicted octanol–water partition coefficient (Wildman–Crippen LogP) is 2.30. The molecule has 2 aromatic carbocycles. The Kier molecular flexibility index (Phi) is 6.30. The molecule has 1 fully saturated rings. The summed E-state index contributed by atoms with van der Waals surface area (Å²) in [5.74, 6) is -1.12. The van der Waals surface area contributed by atoms with Gasteiger partial charge in [-0.15, -0.1) is 0 Å². The van der Waals surface area contributed by atoms with Crippen LogP contribution in [-0.4, -0.2) is 53.7 Å². The van der Waals surface area contributed by atoms with Gasteiger partial charge in [0.25, 0.3) is 0 Å². The molecule has 0 amide bonds. The second-order valence-electron chi connectivity index (χ2n) is 7.75.